The number of allylic oxidation sites excluding steroid dienone is 1. The molecule has 0 atom stereocenters. The van der Waals surface area contributed by atoms with E-state index < -0.39 is 0 Å². The standard InChI is InChI=1S/C24H15BrN2O2/c25-22-13-17(12-21(15-27)24(28)18-6-2-1-3-7-18)10-11-23(22)29-16-20-9-5-4-8-19(20)14-26/h1-13H,16H2/b21-12+. The number of rotatable bonds is 6. The average Bonchev–Trinajstić information content (AvgIpc) is 2.77. The summed E-state index contributed by atoms with van der Waals surface area (Å²) in [5, 5.41) is 18.6. The van der Waals surface area contributed by atoms with Gasteiger partial charge in [-0.3, -0.25) is 4.79 Å². The van der Waals surface area contributed by atoms with Gasteiger partial charge in [0.25, 0.3) is 0 Å². The summed E-state index contributed by atoms with van der Waals surface area (Å²) >= 11 is 3.46. The maximum absolute atomic E-state index is 12.5. The number of Topliss-reactive ketones (excluding diaryl/α,β-unsaturated/α-hetero) is 1. The van der Waals surface area contributed by atoms with Crippen LogP contribution in [0.4, 0.5) is 0 Å². The van der Waals surface area contributed by atoms with Gasteiger partial charge in [0.1, 0.15) is 24.0 Å². The van der Waals surface area contributed by atoms with Gasteiger partial charge in [-0.25, -0.2) is 0 Å². The smallest absolute Gasteiger partial charge is 0.203 e. The van der Waals surface area contributed by atoms with Gasteiger partial charge in [0.2, 0.25) is 5.78 Å². The Bertz CT molecular complexity index is 1160. The lowest BCUT2D eigenvalue weighted by atomic mass is 10.0. The fourth-order valence-electron chi connectivity index (χ4n) is 2.69. The molecule has 0 aliphatic rings. The second-order valence-corrected chi connectivity index (χ2v) is 6.97. The molecule has 0 aliphatic heterocycles. The Morgan fingerprint density at radius 1 is 1.00 bits per heavy atom. The number of hydrogen-bond acceptors (Lipinski definition) is 4. The molecule has 0 saturated heterocycles. The van der Waals surface area contributed by atoms with Crippen LogP contribution in [0.1, 0.15) is 27.0 Å². The second kappa shape index (κ2) is 9.50. The van der Waals surface area contributed by atoms with Gasteiger partial charge in [0.15, 0.2) is 0 Å². The Labute approximate surface area is 177 Å². The molecule has 3 rings (SSSR count). The van der Waals surface area contributed by atoms with E-state index in [1.54, 1.807) is 54.6 Å². The minimum absolute atomic E-state index is 0.0553. The van der Waals surface area contributed by atoms with E-state index in [4.69, 9.17) is 10.00 Å². The van der Waals surface area contributed by atoms with Crippen LogP contribution in [0.25, 0.3) is 6.08 Å². The largest absolute Gasteiger partial charge is 0.488 e. The summed E-state index contributed by atoms with van der Waals surface area (Å²) in [7, 11) is 0. The molecule has 0 bridgehead atoms. The molecule has 3 aromatic carbocycles. The Morgan fingerprint density at radius 2 is 1.72 bits per heavy atom. The molecule has 0 amide bonds. The van der Waals surface area contributed by atoms with E-state index in [1.165, 1.54) is 0 Å². The van der Waals surface area contributed by atoms with Crippen LogP contribution in [-0.2, 0) is 6.61 Å². The third-order valence-corrected chi connectivity index (χ3v) is 4.81. The van der Waals surface area contributed by atoms with Crippen molar-refractivity contribution in [2.24, 2.45) is 0 Å². The number of nitriles is 2. The van der Waals surface area contributed by atoms with Crippen molar-refractivity contribution in [1.29, 1.82) is 10.5 Å². The minimum atomic E-state index is -0.322. The Balaban J connectivity index is 1.78. The van der Waals surface area contributed by atoms with E-state index in [-0.39, 0.29) is 18.0 Å². The monoisotopic (exact) mass is 442 g/mol. The molecule has 0 unspecified atom stereocenters. The lowest BCUT2D eigenvalue weighted by Crippen LogP contribution is -2.01. The van der Waals surface area contributed by atoms with Gasteiger partial charge in [0, 0.05) is 11.1 Å². The second-order valence-electron chi connectivity index (χ2n) is 6.11. The zero-order valence-electron chi connectivity index (χ0n) is 15.3. The van der Waals surface area contributed by atoms with Crippen molar-refractivity contribution in [3.63, 3.8) is 0 Å². The fraction of sp³-hybridized carbons (Fsp3) is 0.0417. The van der Waals surface area contributed by atoms with Crippen LogP contribution in [0.2, 0.25) is 0 Å². The molecular weight excluding hydrogens is 428 g/mol. The predicted molar refractivity (Wildman–Crippen MR) is 114 cm³/mol. The van der Waals surface area contributed by atoms with Crippen molar-refractivity contribution in [3.8, 4) is 17.9 Å². The van der Waals surface area contributed by atoms with Crippen LogP contribution in [0, 0.1) is 22.7 Å². The molecule has 0 N–H and O–H groups in total. The number of carbonyl (C=O) groups excluding carboxylic acids is 1. The molecule has 3 aromatic rings. The van der Waals surface area contributed by atoms with Crippen molar-refractivity contribution in [3.05, 3.63) is 105 Å². The minimum Gasteiger partial charge on any atom is -0.488 e. The van der Waals surface area contributed by atoms with E-state index in [0.717, 1.165) is 5.56 Å². The molecular formula is C24H15BrN2O2. The first-order valence-corrected chi connectivity index (χ1v) is 9.53. The lowest BCUT2D eigenvalue weighted by Gasteiger charge is -2.10. The highest BCUT2D eigenvalue weighted by Gasteiger charge is 2.12. The topological polar surface area (TPSA) is 73.9 Å². The molecule has 29 heavy (non-hydrogen) atoms. The summed E-state index contributed by atoms with van der Waals surface area (Å²) in [6.45, 7) is 0.257. The highest BCUT2D eigenvalue weighted by Crippen LogP contribution is 2.28. The quantitative estimate of drug-likeness (QED) is 0.279. The number of ketones is 1. The van der Waals surface area contributed by atoms with Gasteiger partial charge in [-0.05, 0) is 45.8 Å². The highest BCUT2D eigenvalue weighted by molar-refractivity contribution is 9.10. The molecule has 0 aromatic heterocycles. The van der Waals surface area contributed by atoms with Crippen LogP contribution >= 0.6 is 15.9 Å². The SMILES string of the molecule is N#C/C(=C\c1ccc(OCc2ccccc2C#N)c(Br)c1)C(=O)c1ccccc1. The van der Waals surface area contributed by atoms with Crippen molar-refractivity contribution in [1.82, 2.24) is 0 Å². The first-order chi connectivity index (χ1) is 14.1. The van der Waals surface area contributed by atoms with E-state index in [2.05, 4.69) is 22.0 Å². The van der Waals surface area contributed by atoms with Crippen molar-refractivity contribution < 1.29 is 9.53 Å². The fourth-order valence-corrected chi connectivity index (χ4v) is 3.21. The van der Waals surface area contributed by atoms with Crippen LogP contribution in [0.3, 0.4) is 0 Å². The molecule has 0 spiro atoms. The van der Waals surface area contributed by atoms with Crippen molar-refractivity contribution >= 4 is 27.8 Å². The third kappa shape index (κ3) is 4.99. The van der Waals surface area contributed by atoms with Crippen LogP contribution < -0.4 is 4.74 Å². The number of hydrogen-bond donors (Lipinski definition) is 0. The van der Waals surface area contributed by atoms with Gasteiger partial charge < -0.3 is 4.74 Å². The summed E-state index contributed by atoms with van der Waals surface area (Å²) in [5.74, 6) is 0.278. The Hall–Kier alpha value is -3.67. The van der Waals surface area contributed by atoms with Gasteiger partial charge in [-0.2, -0.15) is 10.5 Å². The van der Waals surface area contributed by atoms with Crippen LogP contribution in [-0.4, -0.2) is 5.78 Å². The maximum Gasteiger partial charge on any atom is 0.203 e. The van der Waals surface area contributed by atoms with E-state index in [9.17, 15) is 10.1 Å². The van der Waals surface area contributed by atoms with Gasteiger partial charge in [0.05, 0.1) is 16.1 Å². The summed E-state index contributed by atoms with van der Waals surface area (Å²) in [4.78, 5) is 12.5. The van der Waals surface area contributed by atoms with Crippen molar-refractivity contribution in [2.45, 2.75) is 6.61 Å². The molecule has 0 saturated carbocycles. The molecule has 140 valence electrons. The van der Waals surface area contributed by atoms with E-state index in [1.807, 2.05) is 30.3 Å². The molecule has 4 nitrogen and oxygen atoms in total. The van der Waals surface area contributed by atoms with E-state index in [0.29, 0.717) is 26.9 Å². The first-order valence-electron chi connectivity index (χ1n) is 8.74. The predicted octanol–water partition coefficient (Wildman–Crippen LogP) is 5.69. The Kier molecular flexibility index (Phi) is 6.58. The lowest BCUT2D eigenvalue weighted by molar-refractivity contribution is 0.104. The van der Waals surface area contributed by atoms with Crippen LogP contribution in [0.5, 0.6) is 5.75 Å². The molecule has 0 heterocycles. The summed E-state index contributed by atoms with van der Waals surface area (Å²) in [6.07, 6.45) is 1.55. The number of benzene rings is 3. The number of halogens is 1. The maximum atomic E-state index is 12.5. The van der Waals surface area contributed by atoms with Crippen LogP contribution in [0.15, 0.2) is 82.8 Å². The highest BCUT2D eigenvalue weighted by atomic mass is 79.9. The number of nitrogens with zero attached hydrogens (tertiary/aromatic N) is 2. The Morgan fingerprint density at radius 3 is 2.41 bits per heavy atom. The summed E-state index contributed by atoms with van der Waals surface area (Å²) < 4.78 is 6.50. The first kappa shape index (κ1) is 20.1. The molecule has 0 radical (unpaired) electrons. The molecule has 0 fully saturated rings. The van der Waals surface area contributed by atoms with Gasteiger partial charge >= 0.3 is 0 Å². The average molecular weight is 443 g/mol. The molecule has 0 aliphatic carbocycles. The van der Waals surface area contributed by atoms with E-state index >= 15 is 0 Å². The number of ether oxygens (including phenoxy) is 1. The summed E-state index contributed by atoms with van der Waals surface area (Å²) in [5.41, 5.74) is 2.59. The zero-order chi connectivity index (χ0) is 20.6. The zero-order valence-corrected chi connectivity index (χ0v) is 16.9. The normalized spacial score (nSPS) is 10.7. The van der Waals surface area contributed by atoms with Crippen molar-refractivity contribution in [2.75, 3.05) is 0 Å². The molecule has 5 heteroatoms. The van der Waals surface area contributed by atoms with Gasteiger partial charge in [-0.15, -0.1) is 0 Å². The third-order valence-electron chi connectivity index (χ3n) is 4.19. The summed E-state index contributed by atoms with van der Waals surface area (Å²) in [6, 6.07) is 25.4. The van der Waals surface area contributed by atoms with Gasteiger partial charge in [-0.1, -0.05) is 54.6 Å². The number of carbonyl (C=O) groups is 1.